The lowest BCUT2D eigenvalue weighted by Crippen LogP contribution is -2.30. The molecule has 1 N–H and O–H groups in total. The van der Waals surface area contributed by atoms with Crippen LogP contribution in [0.1, 0.15) is 0 Å². The minimum absolute atomic E-state index is 0.0451. The monoisotopic (exact) mass is 413 g/mol. The van der Waals surface area contributed by atoms with Crippen molar-refractivity contribution in [3.8, 4) is 5.75 Å². The molecule has 2 aromatic carbocycles. The van der Waals surface area contributed by atoms with Gasteiger partial charge in [0.1, 0.15) is 29.9 Å². The van der Waals surface area contributed by atoms with E-state index < -0.39 is 0 Å². The highest BCUT2D eigenvalue weighted by Crippen LogP contribution is 2.29. The van der Waals surface area contributed by atoms with Crippen LogP contribution in [0.3, 0.4) is 0 Å². The summed E-state index contributed by atoms with van der Waals surface area (Å²) in [6, 6.07) is 13.9. The summed E-state index contributed by atoms with van der Waals surface area (Å²) in [5, 5.41) is 9.52. The first kappa shape index (κ1) is 19.3. The van der Waals surface area contributed by atoms with Gasteiger partial charge in [-0.15, -0.1) is 0 Å². The second kappa shape index (κ2) is 8.22. The third kappa shape index (κ3) is 3.74. The van der Waals surface area contributed by atoms with E-state index in [0.29, 0.717) is 38.6 Å². The third-order valence-corrected chi connectivity index (χ3v) is 5.56. The normalized spacial score (nSPS) is 22.3. The molecule has 3 heterocycles. The van der Waals surface area contributed by atoms with Crippen LogP contribution in [0.2, 0.25) is 0 Å². The average molecular weight is 413 g/mol. The molecule has 30 heavy (non-hydrogen) atoms. The highest BCUT2D eigenvalue weighted by molar-refractivity contribution is 5.79. The number of aromatic nitrogens is 2. The van der Waals surface area contributed by atoms with Gasteiger partial charge in [0.15, 0.2) is 0 Å². The number of hydrogen-bond donors (Lipinski definition) is 1. The Bertz CT molecular complexity index is 993. The van der Waals surface area contributed by atoms with E-state index in [-0.39, 0.29) is 30.7 Å². The van der Waals surface area contributed by atoms with Crippen molar-refractivity contribution in [2.75, 3.05) is 37.8 Å². The fraction of sp³-hybridized carbons (Fsp3) is 0.409. The minimum atomic E-state index is -0.294. The van der Waals surface area contributed by atoms with E-state index in [1.807, 2.05) is 28.8 Å². The Morgan fingerprint density at radius 2 is 1.73 bits per heavy atom. The maximum absolute atomic E-state index is 13.1. The van der Waals surface area contributed by atoms with Crippen molar-refractivity contribution in [2.45, 2.75) is 24.9 Å². The van der Waals surface area contributed by atoms with Gasteiger partial charge in [-0.3, -0.25) is 0 Å². The summed E-state index contributed by atoms with van der Waals surface area (Å²) < 4.78 is 33.2. The second-order valence-corrected chi connectivity index (χ2v) is 7.62. The van der Waals surface area contributed by atoms with E-state index in [0.717, 1.165) is 17.0 Å². The molecule has 0 aliphatic carbocycles. The first-order valence-electron chi connectivity index (χ1n) is 10.2. The molecule has 7 nitrogen and oxygen atoms in total. The topological polar surface area (TPSA) is 69.0 Å². The predicted molar refractivity (Wildman–Crippen MR) is 109 cm³/mol. The van der Waals surface area contributed by atoms with Gasteiger partial charge in [0.25, 0.3) is 0 Å². The van der Waals surface area contributed by atoms with Crippen LogP contribution in [-0.2, 0) is 16.0 Å². The number of ether oxygens (including phenoxy) is 3. The maximum Gasteiger partial charge on any atom is 0.206 e. The standard InChI is InChI=1S/C22H24FN3O4/c23-15-5-7-16(8-6-15)30-17-13-28-20-11-25(12-21(20)29-14-17)22-24-18-3-1-2-4-19(18)26(22)9-10-27/h1-8,17,20-21,27H,9-14H2/t20-,21-/m0/s1. The molecule has 1 aromatic heterocycles. The summed E-state index contributed by atoms with van der Waals surface area (Å²) in [7, 11) is 0. The second-order valence-electron chi connectivity index (χ2n) is 7.62. The van der Waals surface area contributed by atoms with Crippen LogP contribution in [0.4, 0.5) is 10.3 Å². The van der Waals surface area contributed by atoms with Crippen LogP contribution in [-0.4, -0.2) is 65.9 Å². The van der Waals surface area contributed by atoms with Crippen LogP contribution in [0.5, 0.6) is 5.75 Å². The first-order chi connectivity index (χ1) is 14.7. The summed E-state index contributed by atoms with van der Waals surface area (Å²) in [6.45, 7) is 2.64. The molecule has 2 aliphatic heterocycles. The summed E-state index contributed by atoms with van der Waals surface area (Å²) >= 11 is 0. The molecule has 5 rings (SSSR count). The van der Waals surface area contributed by atoms with Crippen molar-refractivity contribution < 1.29 is 23.7 Å². The van der Waals surface area contributed by atoms with Gasteiger partial charge in [0.2, 0.25) is 5.95 Å². The minimum Gasteiger partial charge on any atom is -0.486 e. The fourth-order valence-electron chi connectivity index (χ4n) is 4.14. The number of imidazole rings is 1. The van der Waals surface area contributed by atoms with Gasteiger partial charge in [-0.1, -0.05) is 12.1 Å². The zero-order chi connectivity index (χ0) is 20.5. The van der Waals surface area contributed by atoms with Crippen molar-refractivity contribution >= 4 is 17.0 Å². The molecule has 158 valence electrons. The summed E-state index contributed by atoms with van der Waals surface area (Å²) in [5.41, 5.74) is 1.91. The van der Waals surface area contributed by atoms with Gasteiger partial charge in [0, 0.05) is 19.6 Å². The first-order valence-corrected chi connectivity index (χ1v) is 10.2. The molecule has 0 amide bonds. The number of halogens is 1. The Morgan fingerprint density at radius 3 is 2.43 bits per heavy atom. The van der Waals surface area contributed by atoms with E-state index in [2.05, 4.69) is 4.90 Å². The summed E-state index contributed by atoms with van der Waals surface area (Å²) in [5.74, 6) is 1.13. The summed E-state index contributed by atoms with van der Waals surface area (Å²) in [4.78, 5) is 6.94. The zero-order valence-corrected chi connectivity index (χ0v) is 16.5. The number of fused-ring (bicyclic) bond motifs is 2. The van der Waals surface area contributed by atoms with Gasteiger partial charge < -0.3 is 28.8 Å². The fourth-order valence-corrected chi connectivity index (χ4v) is 4.14. The number of anilines is 1. The van der Waals surface area contributed by atoms with Crippen molar-refractivity contribution in [3.05, 3.63) is 54.3 Å². The highest BCUT2D eigenvalue weighted by atomic mass is 19.1. The quantitative estimate of drug-likeness (QED) is 0.692. The number of aliphatic hydroxyl groups excluding tert-OH is 1. The number of rotatable bonds is 5. The SMILES string of the molecule is OCCn1c(N2C[C@@H]3OCC(Oc4ccc(F)cc4)CO[C@H]3C2)nc2ccccc21. The molecule has 0 spiro atoms. The molecule has 2 saturated heterocycles. The van der Waals surface area contributed by atoms with Crippen molar-refractivity contribution in [1.29, 1.82) is 0 Å². The molecule has 2 aliphatic rings. The molecule has 2 atom stereocenters. The Kier molecular flexibility index (Phi) is 5.28. The molecule has 3 aromatic rings. The smallest absolute Gasteiger partial charge is 0.206 e. The highest BCUT2D eigenvalue weighted by Gasteiger charge is 2.39. The lowest BCUT2D eigenvalue weighted by atomic mass is 10.3. The average Bonchev–Trinajstić information content (AvgIpc) is 3.28. The summed E-state index contributed by atoms with van der Waals surface area (Å²) in [6.07, 6.45) is -0.420. The van der Waals surface area contributed by atoms with Crippen molar-refractivity contribution in [2.24, 2.45) is 0 Å². The Labute approximate surface area is 173 Å². The molecule has 0 radical (unpaired) electrons. The van der Waals surface area contributed by atoms with Crippen LogP contribution >= 0.6 is 0 Å². The lowest BCUT2D eigenvalue weighted by molar-refractivity contribution is -0.00461. The van der Waals surface area contributed by atoms with Crippen LogP contribution in [0.25, 0.3) is 11.0 Å². The molecular weight excluding hydrogens is 389 g/mol. The molecule has 0 bridgehead atoms. The number of aliphatic hydroxyl groups is 1. The van der Waals surface area contributed by atoms with Gasteiger partial charge in [0.05, 0.1) is 30.9 Å². The Hall–Kier alpha value is -2.68. The lowest BCUT2D eigenvalue weighted by Gasteiger charge is -2.21. The molecular formula is C22H24FN3O4. The van der Waals surface area contributed by atoms with Gasteiger partial charge >= 0.3 is 0 Å². The zero-order valence-electron chi connectivity index (χ0n) is 16.5. The number of para-hydroxylation sites is 2. The van der Waals surface area contributed by atoms with E-state index in [9.17, 15) is 9.50 Å². The van der Waals surface area contributed by atoms with E-state index >= 15 is 0 Å². The van der Waals surface area contributed by atoms with Crippen molar-refractivity contribution in [3.63, 3.8) is 0 Å². The Morgan fingerprint density at radius 1 is 1.03 bits per heavy atom. The maximum atomic E-state index is 13.1. The van der Waals surface area contributed by atoms with Crippen LogP contribution in [0.15, 0.2) is 48.5 Å². The molecule has 0 unspecified atom stereocenters. The largest absolute Gasteiger partial charge is 0.486 e. The van der Waals surface area contributed by atoms with E-state index in [1.165, 1.54) is 12.1 Å². The van der Waals surface area contributed by atoms with E-state index in [1.54, 1.807) is 12.1 Å². The van der Waals surface area contributed by atoms with Gasteiger partial charge in [-0.2, -0.15) is 0 Å². The molecule has 2 fully saturated rings. The number of nitrogens with zero attached hydrogens (tertiary/aromatic N) is 3. The third-order valence-electron chi connectivity index (χ3n) is 5.56. The predicted octanol–water partition coefficient (Wildman–Crippen LogP) is 2.22. The number of hydrogen-bond acceptors (Lipinski definition) is 6. The van der Waals surface area contributed by atoms with Crippen LogP contribution < -0.4 is 9.64 Å². The molecule has 8 heteroatoms. The van der Waals surface area contributed by atoms with Crippen LogP contribution in [0, 0.1) is 5.82 Å². The number of benzene rings is 2. The van der Waals surface area contributed by atoms with Gasteiger partial charge in [-0.25, -0.2) is 9.37 Å². The Balaban J connectivity index is 1.28. The van der Waals surface area contributed by atoms with Crippen molar-refractivity contribution in [1.82, 2.24) is 9.55 Å². The molecule has 0 saturated carbocycles. The van der Waals surface area contributed by atoms with E-state index in [4.69, 9.17) is 19.2 Å². The van der Waals surface area contributed by atoms with Gasteiger partial charge in [-0.05, 0) is 36.4 Å².